The van der Waals surface area contributed by atoms with Crippen LogP contribution in [0.25, 0.3) is 0 Å². The Morgan fingerprint density at radius 1 is 0.327 bits per heavy atom. The van der Waals surface area contributed by atoms with Crippen LogP contribution in [0.2, 0.25) is 0 Å². The number of aryl methyl sites for hydroxylation is 3. The standard InChI is InChI=1S/C47H89N2/c1-4-7-9-11-13-15-17-19-21-23-25-27-29-31-33-35-37-39-42-45-44-46(49-47(48-45)41-6-3)43-40-38-36-34-32-30-28-26-24-22-20-18-16-14-12-10-8-5-2/h44H,3-43H2,1-2H3. The van der Waals surface area contributed by atoms with Gasteiger partial charge < -0.3 is 0 Å². The first-order chi connectivity index (χ1) is 24.3. The fraction of sp³-hybridized carbons (Fsp3) is 0.894. The van der Waals surface area contributed by atoms with Gasteiger partial charge in [0.05, 0.1) is 0 Å². The Kier molecular flexibility index (Phi) is 36.0. The first kappa shape index (κ1) is 46.1. The maximum absolute atomic E-state index is 4.92. The van der Waals surface area contributed by atoms with Gasteiger partial charge in [0.2, 0.25) is 0 Å². The van der Waals surface area contributed by atoms with Gasteiger partial charge in [0.15, 0.2) is 0 Å². The van der Waals surface area contributed by atoms with Crippen molar-refractivity contribution in [1.29, 1.82) is 0 Å². The highest BCUT2D eigenvalue weighted by Crippen LogP contribution is 2.18. The van der Waals surface area contributed by atoms with Crippen molar-refractivity contribution in [2.75, 3.05) is 0 Å². The van der Waals surface area contributed by atoms with Crippen LogP contribution in [0.1, 0.15) is 269 Å². The summed E-state index contributed by atoms with van der Waals surface area (Å²) in [6, 6.07) is 2.33. The molecule has 0 atom stereocenters. The summed E-state index contributed by atoms with van der Waals surface area (Å²) in [4.78, 5) is 9.83. The Bertz CT molecular complexity index is 715. The van der Waals surface area contributed by atoms with Crippen molar-refractivity contribution in [2.24, 2.45) is 0 Å². The molecule has 0 fully saturated rings. The molecule has 1 radical (unpaired) electrons. The van der Waals surface area contributed by atoms with E-state index in [1.807, 2.05) is 0 Å². The van der Waals surface area contributed by atoms with Gasteiger partial charge in [0, 0.05) is 17.8 Å². The highest BCUT2D eigenvalue weighted by atomic mass is 14.9. The van der Waals surface area contributed by atoms with Crippen molar-refractivity contribution in [1.82, 2.24) is 9.97 Å². The minimum absolute atomic E-state index is 0.890. The Morgan fingerprint density at radius 2 is 0.551 bits per heavy atom. The molecule has 0 bridgehead atoms. The van der Waals surface area contributed by atoms with Crippen LogP contribution in [-0.4, -0.2) is 9.97 Å². The molecular weight excluding hydrogens is 593 g/mol. The zero-order chi connectivity index (χ0) is 35.1. The minimum Gasteiger partial charge on any atom is -0.238 e. The summed E-state index contributed by atoms with van der Waals surface area (Å²) in [5, 5.41) is 0. The van der Waals surface area contributed by atoms with Gasteiger partial charge in [0.1, 0.15) is 5.82 Å². The number of hydrogen-bond donors (Lipinski definition) is 0. The zero-order valence-electron chi connectivity index (χ0n) is 34.0. The largest absolute Gasteiger partial charge is 0.238 e. The average Bonchev–Trinajstić information content (AvgIpc) is 3.10. The van der Waals surface area contributed by atoms with Crippen LogP contribution in [0, 0.1) is 6.92 Å². The van der Waals surface area contributed by atoms with E-state index >= 15 is 0 Å². The highest BCUT2D eigenvalue weighted by Gasteiger charge is 2.06. The van der Waals surface area contributed by atoms with Crippen molar-refractivity contribution >= 4 is 0 Å². The first-order valence-electron chi connectivity index (χ1n) is 22.9. The third-order valence-electron chi connectivity index (χ3n) is 10.9. The number of hydrogen-bond acceptors (Lipinski definition) is 2. The average molecular weight is 682 g/mol. The molecule has 0 spiro atoms. The Labute approximate surface area is 310 Å². The molecular formula is C47H89N2. The topological polar surface area (TPSA) is 25.8 Å². The molecule has 49 heavy (non-hydrogen) atoms. The molecule has 1 aromatic heterocycles. The van der Waals surface area contributed by atoms with Gasteiger partial charge >= 0.3 is 0 Å². The van der Waals surface area contributed by atoms with E-state index in [-0.39, 0.29) is 0 Å². The van der Waals surface area contributed by atoms with Crippen LogP contribution in [0.15, 0.2) is 6.07 Å². The summed E-state index contributed by atoms with van der Waals surface area (Å²) >= 11 is 0. The van der Waals surface area contributed by atoms with E-state index in [1.165, 1.54) is 243 Å². The lowest BCUT2D eigenvalue weighted by atomic mass is 10.0. The van der Waals surface area contributed by atoms with Gasteiger partial charge in [-0.15, -0.1) is 0 Å². The van der Waals surface area contributed by atoms with E-state index in [2.05, 4.69) is 26.8 Å². The Morgan fingerprint density at radius 3 is 0.776 bits per heavy atom. The second-order valence-corrected chi connectivity index (χ2v) is 15.9. The molecule has 0 aromatic carbocycles. The van der Waals surface area contributed by atoms with Crippen molar-refractivity contribution in [3.8, 4) is 0 Å². The van der Waals surface area contributed by atoms with Crippen molar-refractivity contribution in [3.05, 3.63) is 30.2 Å². The second-order valence-electron chi connectivity index (χ2n) is 15.9. The molecule has 0 N–H and O–H groups in total. The normalized spacial score (nSPS) is 11.6. The van der Waals surface area contributed by atoms with Crippen molar-refractivity contribution in [2.45, 2.75) is 271 Å². The molecule has 0 saturated heterocycles. The van der Waals surface area contributed by atoms with Gasteiger partial charge in [-0.25, -0.2) is 9.97 Å². The van der Waals surface area contributed by atoms with Crippen molar-refractivity contribution < 1.29 is 0 Å². The third kappa shape index (κ3) is 32.7. The number of unbranched alkanes of at least 4 members (excludes halogenated alkanes) is 34. The van der Waals surface area contributed by atoms with E-state index in [9.17, 15) is 0 Å². The summed E-state index contributed by atoms with van der Waals surface area (Å²) in [6.07, 6.45) is 55.6. The minimum atomic E-state index is 0.890. The second kappa shape index (κ2) is 38.3. The molecule has 0 unspecified atom stereocenters. The fourth-order valence-corrected chi connectivity index (χ4v) is 7.56. The van der Waals surface area contributed by atoms with Gasteiger partial charge in [-0.3, -0.25) is 0 Å². The summed E-state index contributed by atoms with van der Waals surface area (Å²) < 4.78 is 0. The lowest BCUT2D eigenvalue weighted by Gasteiger charge is -2.09. The summed E-state index contributed by atoms with van der Waals surface area (Å²) in [6.45, 7) is 8.68. The summed E-state index contributed by atoms with van der Waals surface area (Å²) in [7, 11) is 0. The van der Waals surface area contributed by atoms with E-state index < -0.39 is 0 Å². The van der Waals surface area contributed by atoms with Crippen LogP contribution in [-0.2, 0) is 19.3 Å². The molecule has 0 aliphatic carbocycles. The molecule has 1 aromatic rings. The quantitative estimate of drug-likeness (QED) is 0.0644. The number of nitrogens with zero attached hydrogens (tertiary/aromatic N) is 2. The lowest BCUT2D eigenvalue weighted by Crippen LogP contribution is -2.04. The van der Waals surface area contributed by atoms with Crippen LogP contribution in [0.5, 0.6) is 0 Å². The summed E-state index contributed by atoms with van der Waals surface area (Å²) in [5.74, 6) is 1.03. The summed E-state index contributed by atoms with van der Waals surface area (Å²) in [5.41, 5.74) is 2.57. The van der Waals surface area contributed by atoms with Gasteiger partial charge in [-0.05, 0) is 38.2 Å². The fourth-order valence-electron chi connectivity index (χ4n) is 7.56. The maximum atomic E-state index is 4.92. The molecule has 287 valence electrons. The molecule has 2 nitrogen and oxygen atoms in total. The van der Waals surface area contributed by atoms with Crippen LogP contribution in [0.4, 0.5) is 0 Å². The van der Waals surface area contributed by atoms with Crippen LogP contribution < -0.4 is 0 Å². The zero-order valence-corrected chi connectivity index (χ0v) is 34.0. The lowest BCUT2D eigenvalue weighted by molar-refractivity contribution is 0.524. The molecule has 2 heteroatoms. The van der Waals surface area contributed by atoms with Gasteiger partial charge in [-0.1, -0.05) is 239 Å². The molecule has 0 aliphatic heterocycles. The van der Waals surface area contributed by atoms with E-state index in [0.29, 0.717) is 0 Å². The predicted octanol–water partition coefficient (Wildman–Crippen LogP) is 16.4. The van der Waals surface area contributed by atoms with Crippen LogP contribution >= 0.6 is 0 Å². The third-order valence-corrected chi connectivity index (χ3v) is 10.9. The highest BCUT2D eigenvalue weighted by molar-refractivity contribution is 5.12. The van der Waals surface area contributed by atoms with Gasteiger partial charge in [-0.2, -0.15) is 0 Å². The first-order valence-corrected chi connectivity index (χ1v) is 22.9. The van der Waals surface area contributed by atoms with E-state index in [4.69, 9.17) is 9.97 Å². The Hall–Kier alpha value is -0.920. The molecule has 0 aliphatic rings. The molecule has 0 amide bonds. The van der Waals surface area contributed by atoms with E-state index in [1.54, 1.807) is 0 Å². The predicted molar refractivity (Wildman–Crippen MR) is 221 cm³/mol. The number of aromatic nitrogens is 2. The van der Waals surface area contributed by atoms with E-state index in [0.717, 1.165) is 31.5 Å². The molecule has 0 saturated carbocycles. The maximum Gasteiger partial charge on any atom is 0.128 e. The molecule has 1 heterocycles. The van der Waals surface area contributed by atoms with Crippen molar-refractivity contribution in [3.63, 3.8) is 0 Å². The number of rotatable bonds is 40. The smallest absolute Gasteiger partial charge is 0.128 e. The SMILES string of the molecule is [CH2]CCc1nc(CCCCCCCCCCCCCCCCCCCC)cc(CCCCCCCCCCCCCCCCCCCC)n1. The van der Waals surface area contributed by atoms with Gasteiger partial charge in [0.25, 0.3) is 0 Å². The molecule has 1 rings (SSSR count). The monoisotopic (exact) mass is 682 g/mol. The van der Waals surface area contributed by atoms with Crippen LogP contribution in [0.3, 0.4) is 0 Å². The Balaban J connectivity index is 1.98.